The molecule has 1 aromatic heterocycles. The fraction of sp³-hybridized carbons (Fsp3) is 0.667. The van der Waals surface area contributed by atoms with Gasteiger partial charge in [-0.3, -0.25) is 14.7 Å². The molecular formula is C18H28N4O2. The number of anilines is 1. The van der Waals surface area contributed by atoms with Crippen molar-refractivity contribution in [1.82, 2.24) is 14.8 Å². The molecule has 2 saturated heterocycles. The number of morpholine rings is 1. The fourth-order valence-corrected chi connectivity index (χ4v) is 3.55. The summed E-state index contributed by atoms with van der Waals surface area (Å²) < 4.78 is 5.39. The summed E-state index contributed by atoms with van der Waals surface area (Å²) in [5.41, 5.74) is 2.43. The molecule has 0 aliphatic carbocycles. The van der Waals surface area contributed by atoms with Crippen molar-refractivity contribution < 1.29 is 9.53 Å². The van der Waals surface area contributed by atoms with Crippen LogP contribution in [0.15, 0.2) is 18.5 Å². The van der Waals surface area contributed by atoms with Crippen molar-refractivity contribution in [1.29, 1.82) is 0 Å². The van der Waals surface area contributed by atoms with Gasteiger partial charge in [-0.25, -0.2) is 0 Å². The number of pyridine rings is 1. The second-order valence-electron chi connectivity index (χ2n) is 6.73. The number of ether oxygens (including phenoxy) is 1. The summed E-state index contributed by atoms with van der Waals surface area (Å²) in [7, 11) is 0. The molecule has 0 saturated carbocycles. The van der Waals surface area contributed by atoms with Crippen LogP contribution in [0.2, 0.25) is 0 Å². The molecule has 0 N–H and O–H groups in total. The van der Waals surface area contributed by atoms with Gasteiger partial charge < -0.3 is 14.5 Å². The van der Waals surface area contributed by atoms with E-state index in [0.29, 0.717) is 12.5 Å². The summed E-state index contributed by atoms with van der Waals surface area (Å²) in [5.74, 6) is 0.278. The van der Waals surface area contributed by atoms with Crippen molar-refractivity contribution in [3.8, 4) is 0 Å². The summed E-state index contributed by atoms with van der Waals surface area (Å²) in [4.78, 5) is 23.5. The van der Waals surface area contributed by atoms with Crippen molar-refractivity contribution in [3.05, 3.63) is 24.0 Å². The van der Waals surface area contributed by atoms with E-state index in [1.54, 1.807) is 0 Å². The van der Waals surface area contributed by atoms with E-state index in [2.05, 4.69) is 34.7 Å². The summed E-state index contributed by atoms with van der Waals surface area (Å²) in [6.07, 6.45) is 4.34. The molecule has 6 heteroatoms. The zero-order valence-electron chi connectivity index (χ0n) is 14.8. The average Bonchev–Trinajstić information content (AvgIpc) is 2.63. The van der Waals surface area contributed by atoms with Crippen LogP contribution in [-0.2, 0) is 9.53 Å². The quantitative estimate of drug-likeness (QED) is 0.828. The van der Waals surface area contributed by atoms with Crippen LogP contribution in [0.4, 0.5) is 5.69 Å². The van der Waals surface area contributed by atoms with Crippen molar-refractivity contribution in [2.45, 2.75) is 26.3 Å². The van der Waals surface area contributed by atoms with Gasteiger partial charge in [0.05, 0.1) is 13.2 Å². The molecule has 1 aromatic rings. The Morgan fingerprint density at radius 1 is 1.21 bits per heavy atom. The highest BCUT2D eigenvalue weighted by molar-refractivity contribution is 5.77. The summed E-state index contributed by atoms with van der Waals surface area (Å²) in [6.45, 7) is 11.1. The summed E-state index contributed by atoms with van der Waals surface area (Å²) in [6, 6.07) is 2.36. The van der Waals surface area contributed by atoms with E-state index in [0.717, 1.165) is 52.5 Å². The van der Waals surface area contributed by atoms with Crippen molar-refractivity contribution in [2.75, 3.05) is 57.4 Å². The number of carbonyl (C=O) groups is 1. The number of piperazine rings is 1. The Morgan fingerprint density at radius 2 is 1.92 bits per heavy atom. The molecule has 0 bridgehead atoms. The molecule has 1 amide bonds. The van der Waals surface area contributed by atoms with Crippen LogP contribution in [0.1, 0.15) is 18.9 Å². The molecule has 0 unspecified atom stereocenters. The SMILES string of the molecule is Cc1cnccc1N1CCN(C(=O)C[C@H](C)N2CCOCC2)CC1. The molecule has 0 spiro atoms. The number of amides is 1. The smallest absolute Gasteiger partial charge is 0.224 e. The molecule has 1 atom stereocenters. The first-order chi connectivity index (χ1) is 11.6. The van der Waals surface area contributed by atoms with Crippen LogP contribution in [0.25, 0.3) is 0 Å². The van der Waals surface area contributed by atoms with Gasteiger partial charge in [-0.2, -0.15) is 0 Å². The maximum Gasteiger partial charge on any atom is 0.224 e. The first-order valence-electron chi connectivity index (χ1n) is 8.90. The van der Waals surface area contributed by atoms with Crippen LogP contribution in [0.3, 0.4) is 0 Å². The number of carbonyl (C=O) groups excluding carboxylic acids is 1. The molecule has 2 aliphatic heterocycles. The van der Waals surface area contributed by atoms with Crippen LogP contribution in [0, 0.1) is 6.92 Å². The monoisotopic (exact) mass is 332 g/mol. The third kappa shape index (κ3) is 4.05. The number of aromatic nitrogens is 1. The van der Waals surface area contributed by atoms with Gasteiger partial charge in [0.25, 0.3) is 0 Å². The predicted octanol–water partition coefficient (Wildman–Crippen LogP) is 1.15. The van der Waals surface area contributed by atoms with Crippen LogP contribution in [-0.4, -0.2) is 79.2 Å². The largest absolute Gasteiger partial charge is 0.379 e. The predicted molar refractivity (Wildman–Crippen MR) is 94.2 cm³/mol. The second-order valence-corrected chi connectivity index (χ2v) is 6.73. The third-order valence-electron chi connectivity index (χ3n) is 5.10. The lowest BCUT2D eigenvalue weighted by Gasteiger charge is -2.38. The van der Waals surface area contributed by atoms with Gasteiger partial charge in [-0.05, 0) is 25.5 Å². The van der Waals surface area contributed by atoms with Gasteiger partial charge in [-0.1, -0.05) is 0 Å². The minimum absolute atomic E-state index is 0.278. The zero-order valence-corrected chi connectivity index (χ0v) is 14.8. The zero-order chi connectivity index (χ0) is 16.9. The number of hydrogen-bond acceptors (Lipinski definition) is 5. The molecular weight excluding hydrogens is 304 g/mol. The molecule has 0 aromatic carbocycles. The van der Waals surface area contributed by atoms with E-state index in [9.17, 15) is 4.79 Å². The lowest BCUT2D eigenvalue weighted by molar-refractivity contribution is -0.133. The standard InChI is InChI=1S/C18H28N4O2/c1-15-14-19-4-3-17(15)21-5-7-22(8-6-21)18(23)13-16(2)20-9-11-24-12-10-20/h3-4,14,16H,5-13H2,1-2H3/t16-/m0/s1. The van der Waals surface area contributed by atoms with Gasteiger partial charge in [0.1, 0.15) is 0 Å². The third-order valence-corrected chi connectivity index (χ3v) is 5.10. The van der Waals surface area contributed by atoms with Crippen LogP contribution in [0.5, 0.6) is 0 Å². The van der Waals surface area contributed by atoms with Crippen molar-refractivity contribution >= 4 is 11.6 Å². The number of hydrogen-bond donors (Lipinski definition) is 0. The number of rotatable bonds is 4. The maximum absolute atomic E-state index is 12.6. The Hall–Kier alpha value is -1.66. The molecule has 24 heavy (non-hydrogen) atoms. The van der Waals surface area contributed by atoms with Gasteiger partial charge >= 0.3 is 0 Å². The van der Waals surface area contributed by atoms with Gasteiger partial charge in [0.2, 0.25) is 5.91 Å². The van der Waals surface area contributed by atoms with Crippen LogP contribution < -0.4 is 4.90 Å². The van der Waals surface area contributed by atoms with E-state index in [1.807, 2.05) is 17.3 Å². The molecule has 2 aliphatic rings. The second kappa shape index (κ2) is 7.94. The molecule has 132 valence electrons. The Labute approximate surface area is 144 Å². The lowest BCUT2D eigenvalue weighted by Crippen LogP contribution is -2.51. The Bertz CT molecular complexity index is 552. The first-order valence-corrected chi connectivity index (χ1v) is 8.90. The molecule has 0 radical (unpaired) electrons. The maximum atomic E-state index is 12.6. The molecule has 3 rings (SSSR count). The van der Waals surface area contributed by atoms with E-state index >= 15 is 0 Å². The highest BCUT2D eigenvalue weighted by atomic mass is 16.5. The van der Waals surface area contributed by atoms with E-state index in [1.165, 1.54) is 11.3 Å². The number of aryl methyl sites for hydroxylation is 1. The Balaban J connectivity index is 1.49. The highest BCUT2D eigenvalue weighted by Crippen LogP contribution is 2.20. The van der Waals surface area contributed by atoms with Crippen molar-refractivity contribution in [3.63, 3.8) is 0 Å². The summed E-state index contributed by atoms with van der Waals surface area (Å²) in [5, 5.41) is 0. The summed E-state index contributed by atoms with van der Waals surface area (Å²) >= 11 is 0. The molecule has 6 nitrogen and oxygen atoms in total. The van der Waals surface area contributed by atoms with Gasteiger partial charge in [-0.15, -0.1) is 0 Å². The average molecular weight is 332 g/mol. The fourth-order valence-electron chi connectivity index (χ4n) is 3.55. The molecule has 2 fully saturated rings. The first kappa shape index (κ1) is 17.2. The topological polar surface area (TPSA) is 48.9 Å². The minimum atomic E-state index is 0.278. The normalized spacial score (nSPS) is 20.9. The molecule has 3 heterocycles. The minimum Gasteiger partial charge on any atom is -0.379 e. The highest BCUT2D eigenvalue weighted by Gasteiger charge is 2.25. The Kier molecular flexibility index (Phi) is 5.68. The van der Waals surface area contributed by atoms with Crippen LogP contribution >= 0.6 is 0 Å². The Morgan fingerprint density at radius 3 is 2.58 bits per heavy atom. The van der Waals surface area contributed by atoms with Crippen molar-refractivity contribution in [2.24, 2.45) is 0 Å². The van der Waals surface area contributed by atoms with Gasteiger partial charge in [0.15, 0.2) is 0 Å². The van der Waals surface area contributed by atoms with E-state index in [-0.39, 0.29) is 5.91 Å². The van der Waals surface area contributed by atoms with E-state index < -0.39 is 0 Å². The van der Waals surface area contributed by atoms with Gasteiger partial charge in [0, 0.05) is 69.8 Å². The lowest BCUT2D eigenvalue weighted by atomic mass is 10.1. The van der Waals surface area contributed by atoms with E-state index in [4.69, 9.17) is 4.74 Å². The number of nitrogens with zero attached hydrogens (tertiary/aromatic N) is 4.